The van der Waals surface area contributed by atoms with Crippen LogP contribution in [0.1, 0.15) is 86.5 Å². The molecule has 0 radical (unpaired) electrons. The molecule has 3 rings (SSSR count). The lowest BCUT2D eigenvalue weighted by molar-refractivity contribution is -0.271. The lowest BCUT2D eigenvalue weighted by Gasteiger charge is -2.65. The Balaban J connectivity index is 2.04. The second-order valence-corrected chi connectivity index (χ2v) is 10.5. The summed E-state index contributed by atoms with van der Waals surface area (Å²) >= 11 is 0. The molecule has 1 saturated heterocycles. The van der Waals surface area contributed by atoms with E-state index < -0.39 is 11.6 Å². The van der Waals surface area contributed by atoms with E-state index in [0.717, 1.165) is 38.5 Å². The Morgan fingerprint density at radius 3 is 2.37 bits per heavy atom. The zero-order valence-electron chi connectivity index (χ0n) is 17.8. The molecule has 0 aromatic carbocycles. The van der Waals surface area contributed by atoms with Crippen molar-refractivity contribution in [2.75, 3.05) is 0 Å². The van der Waals surface area contributed by atoms with Gasteiger partial charge in [0, 0.05) is 18.3 Å². The minimum atomic E-state index is -0.804. The summed E-state index contributed by atoms with van der Waals surface area (Å²) in [6, 6.07) is 0. The largest absolute Gasteiger partial charge is 0.481 e. The van der Waals surface area contributed by atoms with Crippen LogP contribution < -0.4 is 0 Å². The molecular weight excluding hydrogens is 344 g/mol. The van der Waals surface area contributed by atoms with Gasteiger partial charge in [-0.3, -0.25) is 9.59 Å². The average Bonchev–Trinajstić information content (AvgIpc) is 2.82. The molecule has 5 heteroatoms. The summed E-state index contributed by atoms with van der Waals surface area (Å²) in [4.78, 5) is 23.2. The first kappa shape index (κ1) is 20.6. The third kappa shape index (κ3) is 3.20. The van der Waals surface area contributed by atoms with E-state index in [0.29, 0.717) is 0 Å². The lowest BCUT2D eigenvalue weighted by Crippen LogP contribution is -2.67. The number of carboxylic acid groups (broad SMARTS) is 1. The van der Waals surface area contributed by atoms with Gasteiger partial charge in [0.2, 0.25) is 0 Å². The zero-order chi connectivity index (χ0) is 20.3. The SMILES string of the molecule is CC(=O)O[C@H]1C[C@H](C)[C@@]2(CC[C@](C)(CC(=O)O)O2)[C@]2(C)CCCC(C)(C)[C@@H]12. The van der Waals surface area contributed by atoms with Crippen LogP contribution >= 0.6 is 0 Å². The number of carbonyl (C=O) groups is 2. The van der Waals surface area contributed by atoms with Crippen LogP contribution in [0.2, 0.25) is 0 Å². The molecule has 0 amide bonds. The number of carboxylic acids is 1. The summed E-state index contributed by atoms with van der Waals surface area (Å²) in [5.41, 5.74) is -1.06. The predicted octanol–water partition coefficient (Wildman–Crippen LogP) is 4.57. The maximum Gasteiger partial charge on any atom is 0.306 e. The van der Waals surface area contributed by atoms with Crippen molar-refractivity contribution in [1.82, 2.24) is 0 Å². The van der Waals surface area contributed by atoms with Crippen LogP contribution in [-0.2, 0) is 19.1 Å². The molecule has 5 nitrogen and oxygen atoms in total. The Morgan fingerprint density at radius 2 is 1.78 bits per heavy atom. The fourth-order valence-corrected chi connectivity index (χ4v) is 7.23. The monoisotopic (exact) mass is 380 g/mol. The van der Waals surface area contributed by atoms with Crippen LogP contribution in [0, 0.1) is 22.7 Å². The highest BCUT2D eigenvalue weighted by atomic mass is 16.5. The number of esters is 1. The molecule has 1 aliphatic heterocycles. The molecule has 3 fully saturated rings. The molecule has 2 saturated carbocycles. The summed E-state index contributed by atoms with van der Waals surface area (Å²) in [5.74, 6) is -0.588. The van der Waals surface area contributed by atoms with E-state index in [1.54, 1.807) is 0 Å². The molecule has 0 unspecified atom stereocenters. The number of hydrogen-bond acceptors (Lipinski definition) is 4. The second-order valence-electron chi connectivity index (χ2n) is 10.5. The number of ether oxygens (including phenoxy) is 2. The molecule has 6 atom stereocenters. The normalized spacial score (nSPS) is 46.1. The summed E-state index contributed by atoms with van der Waals surface area (Å²) in [7, 11) is 0. The molecule has 3 aliphatic rings. The molecule has 2 aliphatic carbocycles. The number of aliphatic carboxylic acids is 1. The van der Waals surface area contributed by atoms with E-state index in [9.17, 15) is 14.7 Å². The van der Waals surface area contributed by atoms with Gasteiger partial charge in [-0.1, -0.05) is 34.1 Å². The van der Waals surface area contributed by atoms with Gasteiger partial charge in [0.15, 0.2) is 0 Å². The highest BCUT2D eigenvalue weighted by molar-refractivity contribution is 5.68. The van der Waals surface area contributed by atoms with Gasteiger partial charge in [0.05, 0.1) is 17.6 Å². The summed E-state index contributed by atoms with van der Waals surface area (Å²) in [6.07, 6.45) is 5.65. The lowest BCUT2D eigenvalue weighted by atomic mass is 9.43. The van der Waals surface area contributed by atoms with Crippen LogP contribution in [0.4, 0.5) is 0 Å². The number of fused-ring (bicyclic) bond motifs is 2. The maximum absolute atomic E-state index is 11.8. The Hall–Kier alpha value is -1.10. The molecule has 1 N–H and O–H groups in total. The van der Waals surface area contributed by atoms with Gasteiger partial charge in [-0.15, -0.1) is 0 Å². The van der Waals surface area contributed by atoms with Crippen molar-refractivity contribution in [3.05, 3.63) is 0 Å². The van der Waals surface area contributed by atoms with Crippen molar-refractivity contribution in [2.45, 2.75) is 104 Å². The highest BCUT2D eigenvalue weighted by Gasteiger charge is 2.69. The Kier molecular flexibility index (Phi) is 4.94. The molecular formula is C22H36O5. The minimum absolute atomic E-state index is 0.0407. The van der Waals surface area contributed by atoms with Crippen molar-refractivity contribution >= 4 is 11.9 Å². The first-order valence-corrected chi connectivity index (χ1v) is 10.4. The summed E-state index contributed by atoms with van der Waals surface area (Å²) < 4.78 is 12.7. The standard InChI is InChI=1S/C22H36O5/c1-14-12-16(26-15(2)23)18-19(3,4)8-7-9-21(18,6)22(14)11-10-20(5,27-22)13-17(24)25/h14,16,18H,7-13H2,1-6H3,(H,24,25)/t14-,16-,18+,20+,21+,22-/m0/s1. The predicted molar refractivity (Wildman–Crippen MR) is 102 cm³/mol. The summed E-state index contributed by atoms with van der Waals surface area (Å²) in [6.45, 7) is 12.6. The quantitative estimate of drug-likeness (QED) is 0.726. The fourth-order valence-electron chi connectivity index (χ4n) is 7.23. The molecule has 27 heavy (non-hydrogen) atoms. The van der Waals surface area contributed by atoms with Crippen LogP contribution in [0.5, 0.6) is 0 Å². The van der Waals surface area contributed by atoms with E-state index in [1.807, 2.05) is 6.92 Å². The van der Waals surface area contributed by atoms with Gasteiger partial charge in [0.1, 0.15) is 6.10 Å². The molecule has 0 aromatic rings. The Labute approximate surface area is 163 Å². The van der Waals surface area contributed by atoms with Gasteiger partial charge in [-0.05, 0) is 50.4 Å². The third-order valence-corrected chi connectivity index (χ3v) is 8.06. The van der Waals surface area contributed by atoms with E-state index >= 15 is 0 Å². The molecule has 1 spiro atoms. The topological polar surface area (TPSA) is 72.8 Å². The number of rotatable bonds is 3. The third-order valence-electron chi connectivity index (χ3n) is 8.06. The Morgan fingerprint density at radius 1 is 1.11 bits per heavy atom. The second kappa shape index (κ2) is 6.47. The van der Waals surface area contributed by atoms with Crippen LogP contribution in [0.3, 0.4) is 0 Å². The summed E-state index contributed by atoms with van der Waals surface area (Å²) in [5, 5.41) is 9.38. The van der Waals surface area contributed by atoms with Gasteiger partial charge in [-0.25, -0.2) is 0 Å². The van der Waals surface area contributed by atoms with Crippen LogP contribution in [-0.4, -0.2) is 34.4 Å². The fraction of sp³-hybridized carbons (Fsp3) is 0.909. The van der Waals surface area contributed by atoms with Crippen LogP contribution in [0.15, 0.2) is 0 Å². The number of hydrogen-bond donors (Lipinski definition) is 1. The molecule has 154 valence electrons. The van der Waals surface area contributed by atoms with Crippen LogP contribution in [0.25, 0.3) is 0 Å². The first-order valence-electron chi connectivity index (χ1n) is 10.4. The van der Waals surface area contributed by atoms with E-state index in [4.69, 9.17) is 9.47 Å². The molecule has 1 heterocycles. The highest BCUT2D eigenvalue weighted by Crippen LogP contribution is 2.68. The van der Waals surface area contributed by atoms with Crippen molar-refractivity contribution in [3.8, 4) is 0 Å². The number of carbonyl (C=O) groups excluding carboxylic acids is 1. The van der Waals surface area contributed by atoms with E-state index in [-0.39, 0.29) is 46.8 Å². The Bertz CT molecular complexity index is 628. The molecule has 0 aromatic heterocycles. The first-order chi connectivity index (χ1) is 12.4. The van der Waals surface area contributed by atoms with Crippen molar-refractivity contribution in [2.24, 2.45) is 22.7 Å². The van der Waals surface area contributed by atoms with Gasteiger partial charge >= 0.3 is 11.9 Å². The van der Waals surface area contributed by atoms with E-state index in [1.165, 1.54) is 6.92 Å². The minimum Gasteiger partial charge on any atom is -0.481 e. The van der Waals surface area contributed by atoms with Crippen molar-refractivity contribution in [1.29, 1.82) is 0 Å². The van der Waals surface area contributed by atoms with Gasteiger partial charge in [0.25, 0.3) is 0 Å². The smallest absolute Gasteiger partial charge is 0.306 e. The van der Waals surface area contributed by atoms with Crippen molar-refractivity contribution in [3.63, 3.8) is 0 Å². The average molecular weight is 381 g/mol. The van der Waals surface area contributed by atoms with Gasteiger partial charge in [-0.2, -0.15) is 0 Å². The zero-order valence-corrected chi connectivity index (χ0v) is 17.8. The maximum atomic E-state index is 11.8. The van der Waals surface area contributed by atoms with Gasteiger partial charge < -0.3 is 14.6 Å². The van der Waals surface area contributed by atoms with E-state index in [2.05, 4.69) is 27.7 Å². The van der Waals surface area contributed by atoms with Crippen molar-refractivity contribution < 1.29 is 24.2 Å². The molecule has 0 bridgehead atoms.